The van der Waals surface area contributed by atoms with Crippen molar-refractivity contribution < 1.29 is 4.42 Å². The van der Waals surface area contributed by atoms with E-state index in [1.165, 1.54) is 11.3 Å². The molecule has 7 nitrogen and oxygen atoms in total. The maximum absolute atomic E-state index is 14.0. The van der Waals surface area contributed by atoms with Crippen molar-refractivity contribution in [1.82, 2.24) is 13.9 Å². The molecule has 6 rings (SSSR count). The zero-order chi connectivity index (χ0) is 25.5. The normalized spacial score (nSPS) is 11.9. The van der Waals surface area contributed by atoms with Crippen LogP contribution in [0.3, 0.4) is 0 Å². The number of fused-ring (bicyclic) bond motifs is 1. The van der Waals surface area contributed by atoms with Gasteiger partial charge in [0.05, 0.1) is 28.3 Å². The lowest BCUT2D eigenvalue weighted by atomic mass is 10.1. The molecule has 6 aromatic rings. The first-order chi connectivity index (χ1) is 18.0. The molecule has 0 aliphatic heterocycles. The maximum Gasteiger partial charge on any atom is 0.345 e. The van der Waals surface area contributed by atoms with E-state index in [4.69, 9.17) is 9.41 Å². The van der Waals surface area contributed by atoms with E-state index in [9.17, 15) is 9.59 Å². The zero-order valence-electron chi connectivity index (χ0n) is 20.2. The van der Waals surface area contributed by atoms with E-state index in [1.807, 2.05) is 103 Å². The topological polar surface area (TPSA) is 74.4 Å². The second-order valence-corrected chi connectivity index (χ2v) is 9.42. The number of aromatic nitrogens is 3. The Morgan fingerprint density at radius 2 is 1.54 bits per heavy atom. The molecule has 3 aromatic heterocycles. The van der Waals surface area contributed by atoms with E-state index in [2.05, 4.69) is 0 Å². The predicted molar refractivity (Wildman–Crippen MR) is 146 cm³/mol. The van der Waals surface area contributed by atoms with E-state index in [-0.39, 0.29) is 5.56 Å². The minimum absolute atomic E-state index is 0.217. The van der Waals surface area contributed by atoms with Crippen LogP contribution in [0.1, 0.15) is 5.69 Å². The first-order valence-corrected chi connectivity index (χ1v) is 12.6. The highest BCUT2D eigenvalue weighted by atomic mass is 32.1. The van der Waals surface area contributed by atoms with Gasteiger partial charge in [0.15, 0.2) is 4.80 Å². The van der Waals surface area contributed by atoms with Crippen molar-refractivity contribution in [1.29, 1.82) is 0 Å². The van der Waals surface area contributed by atoms with Gasteiger partial charge in [0.2, 0.25) is 0 Å². The Balaban J connectivity index is 1.69. The molecular weight excluding hydrogens is 484 g/mol. The Morgan fingerprint density at radius 3 is 2.30 bits per heavy atom. The molecule has 0 unspecified atom stereocenters. The maximum atomic E-state index is 14.0. The summed E-state index contributed by atoms with van der Waals surface area (Å²) in [6.07, 6.45) is 0. The van der Waals surface area contributed by atoms with Gasteiger partial charge in [-0.15, -0.1) is 11.3 Å². The molecule has 3 aromatic carbocycles. The van der Waals surface area contributed by atoms with Crippen LogP contribution in [0.15, 0.2) is 115 Å². The van der Waals surface area contributed by atoms with Crippen molar-refractivity contribution in [2.45, 2.75) is 6.92 Å². The van der Waals surface area contributed by atoms with Crippen molar-refractivity contribution >= 4 is 28.0 Å². The van der Waals surface area contributed by atoms with Crippen LogP contribution in [0.25, 0.3) is 33.6 Å². The molecule has 0 spiro atoms. The number of hydrogen-bond acceptors (Lipinski definition) is 5. The molecule has 8 heteroatoms. The third kappa shape index (κ3) is 3.88. The van der Waals surface area contributed by atoms with Crippen LogP contribution in [-0.2, 0) is 7.05 Å². The fourth-order valence-electron chi connectivity index (χ4n) is 4.46. The lowest BCUT2D eigenvalue weighted by molar-refractivity contribution is 0.563. The molecule has 0 bridgehead atoms. The van der Waals surface area contributed by atoms with Gasteiger partial charge in [-0.05, 0) is 43.3 Å². The molecule has 0 atom stereocenters. The summed E-state index contributed by atoms with van der Waals surface area (Å²) in [4.78, 5) is 32.5. The van der Waals surface area contributed by atoms with Crippen LogP contribution in [-0.4, -0.2) is 13.9 Å². The van der Waals surface area contributed by atoms with Crippen molar-refractivity contribution in [2.75, 3.05) is 0 Å². The molecule has 0 amide bonds. The van der Waals surface area contributed by atoms with Gasteiger partial charge < -0.3 is 4.42 Å². The summed E-state index contributed by atoms with van der Waals surface area (Å²) < 4.78 is 10.8. The lowest BCUT2D eigenvalue weighted by Gasteiger charge is -2.08. The Kier molecular flexibility index (Phi) is 5.58. The van der Waals surface area contributed by atoms with E-state index >= 15 is 0 Å². The number of nitrogens with zero attached hydrogens (tertiary/aromatic N) is 4. The molecule has 182 valence electrons. The second kappa shape index (κ2) is 9.07. The minimum Gasteiger partial charge on any atom is -0.422 e. The molecule has 0 radical (unpaired) electrons. The Morgan fingerprint density at radius 1 is 0.865 bits per heavy atom. The van der Waals surface area contributed by atoms with Gasteiger partial charge in [-0.1, -0.05) is 54.6 Å². The van der Waals surface area contributed by atoms with Crippen molar-refractivity contribution in [3.05, 3.63) is 128 Å². The van der Waals surface area contributed by atoms with Gasteiger partial charge in [-0.2, -0.15) is 0 Å². The van der Waals surface area contributed by atoms with E-state index < -0.39 is 5.63 Å². The van der Waals surface area contributed by atoms with Crippen LogP contribution in [0, 0.1) is 6.92 Å². The Labute approximate surface area is 215 Å². The van der Waals surface area contributed by atoms with Gasteiger partial charge in [0, 0.05) is 17.8 Å². The van der Waals surface area contributed by atoms with Crippen LogP contribution in [0.2, 0.25) is 0 Å². The number of rotatable bonds is 4. The van der Waals surface area contributed by atoms with Crippen LogP contribution in [0.5, 0.6) is 0 Å². The molecular formula is C29H22N4O3S. The van der Waals surface area contributed by atoms with E-state index in [0.717, 1.165) is 22.5 Å². The van der Waals surface area contributed by atoms with Crippen molar-refractivity contribution in [3.63, 3.8) is 0 Å². The summed E-state index contributed by atoms with van der Waals surface area (Å²) in [5.74, 6) is 0. The minimum atomic E-state index is -0.478. The summed E-state index contributed by atoms with van der Waals surface area (Å²) in [6, 6.07) is 28.2. The smallest absolute Gasteiger partial charge is 0.345 e. The fraction of sp³-hybridized carbons (Fsp3) is 0.0690. The quantitative estimate of drug-likeness (QED) is 0.303. The molecule has 0 saturated heterocycles. The fourth-order valence-corrected chi connectivity index (χ4v) is 5.36. The molecule has 0 aliphatic rings. The monoisotopic (exact) mass is 506 g/mol. The summed E-state index contributed by atoms with van der Waals surface area (Å²) in [5.41, 5.74) is 3.36. The number of benzene rings is 3. The Hall–Kier alpha value is -4.69. The largest absolute Gasteiger partial charge is 0.422 e. The number of hydrogen-bond donors (Lipinski definition) is 0. The molecule has 37 heavy (non-hydrogen) atoms. The third-order valence-electron chi connectivity index (χ3n) is 6.35. The zero-order valence-corrected chi connectivity index (χ0v) is 21.0. The lowest BCUT2D eigenvalue weighted by Crippen LogP contribution is -2.25. The molecule has 0 N–H and O–H groups in total. The standard InChI is InChI=1S/C29H22N4O3S/c1-19-26(27(34)33(31(19)2)22-14-7-4-8-15-22)32-24(18-37-29(32)30-21-12-5-3-6-13-21)23-17-20-11-9-10-16-25(20)36-28(23)35/h3-18H,1-2H3. The molecule has 3 heterocycles. The number of thiazole rings is 1. The summed E-state index contributed by atoms with van der Waals surface area (Å²) >= 11 is 1.36. The summed E-state index contributed by atoms with van der Waals surface area (Å²) in [7, 11) is 1.85. The average Bonchev–Trinajstić information content (AvgIpc) is 3.41. The van der Waals surface area contributed by atoms with E-state index in [1.54, 1.807) is 21.4 Å². The SMILES string of the molecule is Cc1c(-n2c(-c3cc4ccccc4oc3=O)csc2=Nc2ccccc2)c(=O)n(-c2ccccc2)n1C. The first-order valence-electron chi connectivity index (χ1n) is 11.7. The third-order valence-corrected chi connectivity index (χ3v) is 7.18. The van der Waals surface area contributed by atoms with Crippen molar-refractivity contribution in [2.24, 2.45) is 12.0 Å². The van der Waals surface area contributed by atoms with Gasteiger partial charge in [-0.25, -0.2) is 14.5 Å². The molecule has 0 aliphatic carbocycles. The summed E-state index contributed by atoms with van der Waals surface area (Å²) in [5, 5.41) is 2.64. The summed E-state index contributed by atoms with van der Waals surface area (Å²) in [6.45, 7) is 1.89. The van der Waals surface area contributed by atoms with Crippen molar-refractivity contribution in [3.8, 4) is 22.6 Å². The first kappa shape index (κ1) is 22.8. The van der Waals surface area contributed by atoms with Gasteiger partial charge >= 0.3 is 5.63 Å². The molecule has 0 saturated carbocycles. The number of para-hydroxylation sites is 3. The second-order valence-electron chi connectivity index (χ2n) is 8.58. The van der Waals surface area contributed by atoms with Crippen LogP contribution >= 0.6 is 11.3 Å². The highest BCUT2D eigenvalue weighted by molar-refractivity contribution is 7.07. The molecule has 0 fully saturated rings. The van der Waals surface area contributed by atoms with E-state index in [0.29, 0.717) is 27.3 Å². The Bertz CT molecular complexity index is 1940. The average molecular weight is 507 g/mol. The van der Waals surface area contributed by atoms with Crippen LogP contribution < -0.4 is 16.0 Å². The predicted octanol–water partition coefficient (Wildman–Crippen LogP) is 5.34. The van der Waals surface area contributed by atoms with Gasteiger partial charge in [-0.3, -0.25) is 14.0 Å². The van der Waals surface area contributed by atoms with Gasteiger partial charge in [0.25, 0.3) is 5.56 Å². The van der Waals surface area contributed by atoms with Gasteiger partial charge in [0.1, 0.15) is 11.3 Å². The van der Waals surface area contributed by atoms with Crippen LogP contribution in [0.4, 0.5) is 5.69 Å². The highest BCUT2D eigenvalue weighted by Gasteiger charge is 2.23. The highest BCUT2D eigenvalue weighted by Crippen LogP contribution is 2.25.